The fourth-order valence-electron chi connectivity index (χ4n) is 3.25. The minimum Gasteiger partial charge on any atom is -0.497 e. The standard InChI is InChI=1S/C25H28N2O6/c1-25(2,3)33-24(30)27-20(23(28)29)14-17-9-12-21(22-19(17)6-5-13-26-22)32-15-16-7-10-18(31-4)11-8-16/h5-13,20H,14-15H2,1-4H3,(H,27,30)(H,28,29)/t20-/m0/s1. The van der Waals surface area contributed by atoms with Gasteiger partial charge in [-0.15, -0.1) is 0 Å². The highest BCUT2D eigenvalue weighted by Crippen LogP contribution is 2.28. The lowest BCUT2D eigenvalue weighted by atomic mass is 10.0. The van der Waals surface area contributed by atoms with Gasteiger partial charge in [0.25, 0.3) is 0 Å². The Balaban J connectivity index is 1.79. The number of alkyl carbamates (subject to hydrolysis) is 1. The molecule has 2 aromatic carbocycles. The van der Waals surface area contributed by atoms with Gasteiger partial charge in [0.1, 0.15) is 35.3 Å². The Morgan fingerprint density at radius 3 is 2.45 bits per heavy atom. The van der Waals surface area contributed by atoms with E-state index in [1.54, 1.807) is 52.3 Å². The maximum atomic E-state index is 12.1. The first-order chi connectivity index (χ1) is 15.7. The number of carbonyl (C=O) groups is 2. The lowest BCUT2D eigenvalue weighted by Crippen LogP contribution is -2.44. The average Bonchev–Trinajstić information content (AvgIpc) is 2.77. The first-order valence-electron chi connectivity index (χ1n) is 10.5. The fraction of sp³-hybridized carbons (Fsp3) is 0.320. The van der Waals surface area contributed by atoms with Crippen molar-refractivity contribution >= 4 is 23.0 Å². The van der Waals surface area contributed by atoms with Crippen molar-refractivity contribution in [1.29, 1.82) is 0 Å². The van der Waals surface area contributed by atoms with E-state index >= 15 is 0 Å². The number of aliphatic carboxylic acids is 1. The SMILES string of the molecule is COc1ccc(COc2ccc(C[C@H](NC(=O)OC(C)(C)C)C(=O)O)c3cccnc23)cc1. The van der Waals surface area contributed by atoms with E-state index in [0.29, 0.717) is 17.9 Å². The quantitative estimate of drug-likeness (QED) is 0.523. The van der Waals surface area contributed by atoms with Crippen LogP contribution in [-0.2, 0) is 22.6 Å². The molecule has 8 heteroatoms. The third kappa shape index (κ3) is 6.58. The molecule has 1 atom stereocenters. The summed E-state index contributed by atoms with van der Waals surface area (Å²) in [6.07, 6.45) is 0.937. The van der Waals surface area contributed by atoms with Gasteiger partial charge in [-0.1, -0.05) is 24.3 Å². The van der Waals surface area contributed by atoms with Gasteiger partial charge in [0, 0.05) is 18.0 Å². The molecule has 0 saturated carbocycles. The van der Waals surface area contributed by atoms with Crippen LogP contribution in [0.5, 0.6) is 11.5 Å². The van der Waals surface area contributed by atoms with Gasteiger partial charge in [-0.2, -0.15) is 0 Å². The summed E-state index contributed by atoms with van der Waals surface area (Å²) in [6.45, 7) is 5.48. The summed E-state index contributed by atoms with van der Waals surface area (Å²) in [7, 11) is 1.61. The normalized spacial score (nSPS) is 12.1. The number of methoxy groups -OCH3 is 1. The summed E-state index contributed by atoms with van der Waals surface area (Å²) >= 11 is 0. The third-order valence-corrected chi connectivity index (χ3v) is 4.79. The van der Waals surface area contributed by atoms with Gasteiger partial charge in [0.15, 0.2) is 0 Å². The van der Waals surface area contributed by atoms with Crippen LogP contribution in [-0.4, -0.2) is 40.9 Å². The summed E-state index contributed by atoms with van der Waals surface area (Å²) < 4.78 is 16.4. The summed E-state index contributed by atoms with van der Waals surface area (Å²) in [5.41, 5.74) is 1.58. The molecule has 0 radical (unpaired) electrons. The maximum absolute atomic E-state index is 12.1. The van der Waals surface area contributed by atoms with E-state index in [2.05, 4.69) is 10.3 Å². The van der Waals surface area contributed by atoms with Crippen LogP contribution >= 0.6 is 0 Å². The second-order valence-electron chi connectivity index (χ2n) is 8.50. The number of ether oxygens (including phenoxy) is 3. The number of hydrogen-bond acceptors (Lipinski definition) is 6. The first kappa shape index (κ1) is 23.8. The monoisotopic (exact) mass is 452 g/mol. The van der Waals surface area contributed by atoms with Crippen LogP contribution in [0.2, 0.25) is 0 Å². The molecule has 2 N–H and O–H groups in total. The van der Waals surface area contributed by atoms with Crippen LogP contribution in [0, 0.1) is 0 Å². The Kier molecular flexibility index (Phi) is 7.37. The van der Waals surface area contributed by atoms with Crippen LogP contribution in [0.15, 0.2) is 54.7 Å². The van der Waals surface area contributed by atoms with Gasteiger partial charge >= 0.3 is 12.1 Å². The van der Waals surface area contributed by atoms with E-state index in [9.17, 15) is 14.7 Å². The number of carboxylic acids is 1. The van der Waals surface area contributed by atoms with Gasteiger partial charge < -0.3 is 24.6 Å². The van der Waals surface area contributed by atoms with Crippen LogP contribution in [0.3, 0.4) is 0 Å². The van der Waals surface area contributed by atoms with Crippen molar-refractivity contribution in [2.24, 2.45) is 0 Å². The molecule has 0 aliphatic heterocycles. The van der Waals surface area contributed by atoms with E-state index in [4.69, 9.17) is 14.2 Å². The number of aromatic nitrogens is 1. The number of amides is 1. The highest BCUT2D eigenvalue weighted by atomic mass is 16.6. The van der Waals surface area contributed by atoms with Gasteiger partial charge in [0.2, 0.25) is 0 Å². The van der Waals surface area contributed by atoms with E-state index in [0.717, 1.165) is 22.3 Å². The highest BCUT2D eigenvalue weighted by Gasteiger charge is 2.25. The van der Waals surface area contributed by atoms with E-state index in [-0.39, 0.29) is 6.42 Å². The third-order valence-electron chi connectivity index (χ3n) is 4.79. The number of nitrogens with one attached hydrogen (secondary N) is 1. The van der Waals surface area contributed by atoms with Crippen molar-refractivity contribution in [2.45, 2.75) is 45.4 Å². The minimum atomic E-state index is -1.16. The molecular formula is C25H28N2O6. The molecule has 174 valence electrons. The lowest BCUT2D eigenvalue weighted by molar-refractivity contribution is -0.139. The zero-order chi connectivity index (χ0) is 24.0. The number of benzene rings is 2. The number of fused-ring (bicyclic) bond motifs is 1. The first-order valence-corrected chi connectivity index (χ1v) is 10.5. The van der Waals surface area contributed by atoms with Crippen LogP contribution in [0.4, 0.5) is 4.79 Å². The van der Waals surface area contributed by atoms with Gasteiger partial charge in [-0.3, -0.25) is 4.98 Å². The summed E-state index contributed by atoms with van der Waals surface area (Å²) in [5, 5.41) is 12.8. The van der Waals surface area contributed by atoms with Gasteiger partial charge in [-0.25, -0.2) is 9.59 Å². The molecule has 0 aliphatic carbocycles. The Morgan fingerprint density at radius 1 is 1.09 bits per heavy atom. The number of pyridine rings is 1. The van der Waals surface area contributed by atoms with Crippen LogP contribution in [0.1, 0.15) is 31.9 Å². The number of rotatable bonds is 8. The fourth-order valence-corrected chi connectivity index (χ4v) is 3.25. The van der Waals surface area contributed by atoms with Crippen LogP contribution in [0.25, 0.3) is 10.9 Å². The largest absolute Gasteiger partial charge is 0.497 e. The van der Waals surface area contributed by atoms with Gasteiger partial charge in [0.05, 0.1) is 7.11 Å². The molecule has 0 spiro atoms. The molecule has 0 aliphatic rings. The lowest BCUT2D eigenvalue weighted by Gasteiger charge is -2.22. The smallest absolute Gasteiger partial charge is 0.408 e. The zero-order valence-corrected chi connectivity index (χ0v) is 19.1. The molecule has 3 rings (SSSR count). The van der Waals surface area contributed by atoms with Crippen molar-refractivity contribution in [3.05, 3.63) is 65.9 Å². The second kappa shape index (κ2) is 10.2. The Hall–Kier alpha value is -3.81. The number of nitrogens with zero attached hydrogens (tertiary/aromatic N) is 1. The van der Waals surface area contributed by atoms with E-state index in [1.165, 1.54) is 0 Å². The van der Waals surface area contributed by atoms with Crippen molar-refractivity contribution < 1.29 is 28.9 Å². The number of carboxylic acid groups (broad SMARTS) is 1. The summed E-state index contributed by atoms with van der Waals surface area (Å²) in [5.74, 6) is 0.193. The molecule has 1 heterocycles. The predicted molar refractivity (Wildman–Crippen MR) is 124 cm³/mol. The topological polar surface area (TPSA) is 107 Å². The summed E-state index contributed by atoms with van der Waals surface area (Å²) in [4.78, 5) is 28.3. The molecule has 0 bridgehead atoms. The van der Waals surface area contributed by atoms with Crippen LogP contribution < -0.4 is 14.8 Å². The molecular weight excluding hydrogens is 424 g/mol. The molecule has 1 amide bonds. The summed E-state index contributed by atoms with van der Waals surface area (Å²) in [6, 6.07) is 13.6. The highest BCUT2D eigenvalue weighted by molar-refractivity contribution is 5.88. The van der Waals surface area contributed by atoms with Crippen molar-refractivity contribution in [3.63, 3.8) is 0 Å². The van der Waals surface area contributed by atoms with Gasteiger partial charge in [-0.05, 0) is 56.2 Å². The number of hydrogen-bond donors (Lipinski definition) is 2. The molecule has 33 heavy (non-hydrogen) atoms. The maximum Gasteiger partial charge on any atom is 0.408 e. The Morgan fingerprint density at radius 2 is 1.82 bits per heavy atom. The Labute approximate surface area is 192 Å². The molecule has 8 nitrogen and oxygen atoms in total. The molecule has 0 unspecified atom stereocenters. The molecule has 3 aromatic rings. The second-order valence-corrected chi connectivity index (χ2v) is 8.50. The molecule has 0 fully saturated rings. The van der Waals surface area contributed by atoms with E-state index in [1.807, 2.05) is 30.3 Å². The van der Waals surface area contributed by atoms with E-state index < -0.39 is 23.7 Å². The molecule has 0 saturated heterocycles. The van der Waals surface area contributed by atoms with Crippen molar-refractivity contribution in [2.75, 3.05) is 7.11 Å². The zero-order valence-electron chi connectivity index (χ0n) is 19.1. The number of carbonyl (C=O) groups excluding carboxylic acids is 1. The predicted octanol–water partition coefficient (Wildman–Crippen LogP) is 4.34. The van der Waals surface area contributed by atoms with Crippen molar-refractivity contribution in [1.82, 2.24) is 10.3 Å². The average molecular weight is 453 g/mol. The minimum absolute atomic E-state index is 0.0650. The Bertz CT molecular complexity index is 1120. The van der Waals surface area contributed by atoms with Crippen molar-refractivity contribution in [3.8, 4) is 11.5 Å². The molecule has 1 aromatic heterocycles.